The number of hydrogen-bond acceptors (Lipinski definition) is 6. The normalized spacial score (nSPS) is 37.1. The van der Waals surface area contributed by atoms with Crippen molar-refractivity contribution < 1.29 is 14.6 Å². The molecule has 6 nitrogen and oxygen atoms in total. The van der Waals surface area contributed by atoms with Gasteiger partial charge in [-0.3, -0.25) is 0 Å². The summed E-state index contributed by atoms with van der Waals surface area (Å²) in [6.45, 7) is 9.42. The van der Waals surface area contributed by atoms with Crippen LogP contribution in [0.3, 0.4) is 0 Å². The second-order valence-electron chi connectivity index (χ2n) is 7.34. The van der Waals surface area contributed by atoms with Gasteiger partial charge in [0.05, 0.1) is 6.61 Å². The van der Waals surface area contributed by atoms with E-state index < -0.39 is 30.9 Å². The summed E-state index contributed by atoms with van der Waals surface area (Å²) in [5, 5.41) is 10.7. The van der Waals surface area contributed by atoms with E-state index in [1.165, 1.54) is 0 Å². The van der Waals surface area contributed by atoms with Crippen molar-refractivity contribution >= 4 is 19.0 Å². The lowest BCUT2D eigenvalue weighted by Crippen LogP contribution is -2.46. The van der Waals surface area contributed by atoms with Crippen LogP contribution < -0.4 is 5.73 Å². The second-order valence-corrected chi connectivity index (χ2v) is 11.7. The van der Waals surface area contributed by atoms with Crippen molar-refractivity contribution in [3.8, 4) is 0 Å². The third-order valence-corrected chi connectivity index (χ3v) is 6.14. The number of nitrogens with two attached hydrogens (primary N) is 1. The molecule has 3 aliphatic heterocycles. The van der Waals surface area contributed by atoms with E-state index in [1.54, 1.807) is 0 Å². The van der Waals surface area contributed by atoms with Crippen molar-refractivity contribution in [2.75, 3.05) is 26.1 Å². The summed E-state index contributed by atoms with van der Waals surface area (Å²) < 4.78 is 12.1. The Kier molecular flexibility index (Phi) is 4.00. The van der Waals surface area contributed by atoms with Crippen LogP contribution in [0, 0.1) is 0 Å². The first kappa shape index (κ1) is 16.8. The van der Waals surface area contributed by atoms with Gasteiger partial charge in [-0.15, -0.1) is 13.2 Å². The Balaban J connectivity index is 1.80. The summed E-state index contributed by atoms with van der Waals surface area (Å²) in [5.41, 5.74) is 6.01. The standard InChI is InChI=1S/C16H26N3O3P/c1-10-8-19(11(2)18-14(10)17)15-12-13(20)16(22-15,9-21-12)6-7-23(3,4)5/h8,12-13,15,20H,2-3,6-7,9H2,1,4-5H3,(H2,17,18)/t12-,13?,15-,16+/m1/s1. The zero-order valence-electron chi connectivity index (χ0n) is 14.0. The van der Waals surface area contributed by atoms with Crippen molar-refractivity contribution in [2.24, 2.45) is 10.7 Å². The van der Waals surface area contributed by atoms with Gasteiger partial charge in [0.25, 0.3) is 0 Å². The maximum absolute atomic E-state index is 10.7. The fourth-order valence-corrected chi connectivity index (χ4v) is 4.19. The Bertz CT molecular complexity index is 638. The molecule has 7 heteroatoms. The molecule has 3 rings (SSSR count). The predicted molar refractivity (Wildman–Crippen MR) is 95.1 cm³/mol. The third kappa shape index (κ3) is 2.89. The van der Waals surface area contributed by atoms with E-state index >= 15 is 0 Å². The van der Waals surface area contributed by atoms with E-state index in [0.29, 0.717) is 18.3 Å². The van der Waals surface area contributed by atoms with Crippen LogP contribution in [0.25, 0.3) is 0 Å². The third-order valence-electron chi connectivity index (χ3n) is 4.71. The number of aliphatic imine (C=N–C) groups is 1. The van der Waals surface area contributed by atoms with E-state index in [-0.39, 0.29) is 0 Å². The zero-order valence-corrected chi connectivity index (χ0v) is 14.9. The first-order valence-corrected chi connectivity index (χ1v) is 10.8. The molecule has 0 aromatic heterocycles. The zero-order chi connectivity index (χ0) is 17.0. The highest BCUT2D eigenvalue weighted by Gasteiger charge is 2.62. The SMILES string of the molecule is C=C1N=C(N)C(C)=CN1[C@@H]1O[C@@]2(CCP(=C)(C)C)CO[C@@H]1C2O. The maximum atomic E-state index is 10.7. The minimum absolute atomic E-state index is 0.406. The molecule has 3 heterocycles. The van der Waals surface area contributed by atoms with E-state index in [2.05, 4.69) is 31.2 Å². The van der Waals surface area contributed by atoms with Gasteiger partial charge in [0.15, 0.2) is 6.23 Å². The molecule has 0 spiro atoms. The Morgan fingerprint density at radius 2 is 2.26 bits per heavy atom. The Morgan fingerprint density at radius 3 is 2.91 bits per heavy atom. The molecule has 128 valence electrons. The number of amidine groups is 1. The molecule has 0 aliphatic carbocycles. The molecular formula is C16H26N3O3P. The molecule has 3 N–H and O–H groups in total. The summed E-state index contributed by atoms with van der Waals surface area (Å²) >= 11 is 0. The van der Waals surface area contributed by atoms with Crippen LogP contribution in [0.15, 0.2) is 29.2 Å². The average Bonchev–Trinajstić information content (AvgIpc) is 2.91. The largest absolute Gasteiger partial charge is 0.387 e. The number of aliphatic hydroxyl groups is 1. The molecule has 2 fully saturated rings. The number of fused-ring (bicyclic) bond motifs is 2. The Hall–Kier alpha value is -1.07. The van der Waals surface area contributed by atoms with E-state index in [0.717, 1.165) is 18.2 Å². The van der Waals surface area contributed by atoms with Gasteiger partial charge in [-0.05, 0) is 32.8 Å². The summed E-state index contributed by atoms with van der Waals surface area (Å²) in [5.74, 6) is 0.954. The van der Waals surface area contributed by atoms with Crippen molar-refractivity contribution in [2.45, 2.75) is 37.4 Å². The van der Waals surface area contributed by atoms with Gasteiger partial charge < -0.3 is 25.2 Å². The molecule has 2 saturated heterocycles. The number of nitrogens with zero attached hydrogens (tertiary/aromatic N) is 2. The average molecular weight is 339 g/mol. The molecule has 3 aliphatic rings. The van der Waals surface area contributed by atoms with Crippen LogP contribution >= 0.6 is 6.89 Å². The van der Waals surface area contributed by atoms with Crippen molar-refractivity contribution in [1.29, 1.82) is 0 Å². The Morgan fingerprint density at radius 1 is 1.57 bits per heavy atom. The van der Waals surface area contributed by atoms with Gasteiger partial charge >= 0.3 is 0 Å². The predicted octanol–water partition coefficient (Wildman–Crippen LogP) is 0.988. The van der Waals surface area contributed by atoms with Gasteiger partial charge in [0.1, 0.15) is 29.5 Å². The van der Waals surface area contributed by atoms with Gasteiger partial charge in [-0.2, -0.15) is 0 Å². The van der Waals surface area contributed by atoms with Crippen molar-refractivity contribution in [3.05, 3.63) is 24.2 Å². The molecule has 0 amide bonds. The summed E-state index contributed by atoms with van der Waals surface area (Å²) in [4.78, 5) is 6.05. The summed E-state index contributed by atoms with van der Waals surface area (Å²) in [6, 6.07) is 0. The molecular weight excluding hydrogens is 313 g/mol. The van der Waals surface area contributed by atoms with Gasteiger partial charge in [-0.25, -0.2) is 4.99 Å². The quantitative estimate of drug-likeness (QED) is 0.747. The van der Waals surface area contributed by atoms with Crippen LogP contribution in [0.4, 0.5) is 0 Å². The van der Waals surface area contributed by atoms with E-state index in [4.69, 9.17) is 15.2 Å². The van der Waals surface area contributed by atoms with Crippen LogP contribution in [-0.2, 0) is 9.47 Å². The minimum Gasteiger partial charge on any atom is -0.387 e. The van der Waals surface area contributed by atoms with Crippen LogP contribution in [-0.4, -0.2) is 72.3 Å². The molecule has 2 bridgehead atoms. The van der Waals surface area contributed by atoms with Gasteiger partial charge in [-0.1, -0.05) is 6.58 Å². The highest BCUT2D eigenvalue weighted by Crippen LogP contribution is 2.47. The Labute approximate surface area is 137 Å². The van der Waals surface area contributed by atoms with Crippen LogP contribution in [0.1, 0.15) is 13.3 Å². The monoisotopic (exact) mass is 339 g/mol. The van der Waals surface area contributed by atoms with Crippen molar-refractivity contribution in [1.82, 2.24) is 4.90 Å². The number of hydrogen-bond donors (Lipinski definition) is 2. The molecule has 1 unspecified atom stereocenters. The first-order valence-electron chi connectivity index (χ1n) is 7.78. The summed E-state index contributed by atoms with van der Waals surface area (Å²) in [7, 11) is 0. The minimum atomic E-state index is -1.19. The molecule has 23 heavy (non-hydrogen) atoms. The first-order chi connectivity index (χ1) is 10.6. The van der Waals surface area contributed by atoms with Crippen LogP contribution in [0.5, 0.6) is 0 Å². The fourth-order valence-electron chi connectivity index (χ4n) is 3.20. The smallest absolute Gasteiger partial charge is 0.165 e. The lowest BCUT2D eigenvalue weighted by Gasteiger charge is -2.37. The fraction of sp³-hybridized carbons (Fsp3) is 0.625. The maximum Gasteiger partial charge on any atom is 0.165 e. The number of ether oxygens (including phenoxy) is 2. The molecule has 0 radical (unpaired) electrons. The lowest BCUT2D eigenvalue weighted by molar-refractivity contribution is -0.181. The summed E-state index contributed by atoms with van der Waals surface area (Å²) in [6.07, 6.45) is 6.32. The topological polar surface area (TPSA) is 80.3 Å². The molecule has 0 aromatic rings. The van der Waals surface area contributed by atoms with Crippen LogP contribution in [0.2, 0.25) is 0 Å². The second kappa shape index (κ2) is 5.49. The van der Waals surface area contributed by atoms with Crippen molar-refractivity contribution in [3.63, 3.8) is 0 Å². The lowest BCUT2D eigenvalue weighted by atomic mass is 9.96. The van der Waals surface area contributed by atoms with Gasteiger partial charge in [0.2, 0.25) is 0 Å². The highest BCUT2D eigenvalue weighted by molar-refractivity contribution is 7.72. The number of aliphatic hydroxyl groups excluding tert-OH is 1. The number of rotatable bonds is 4. The van der Waals surface area contributed by atoms with Gasteiger partial charge in [0, 0.05) is 11.8 Å². The van der Waals surface area contributed by atoms with E-state index in [1.807, 2.05) is 18.0 Å². The highest BCUT2D eigenvalue weighted by atomic mass is 31.2. The molecule has 0 aromatic carbocycles. The molecule has 0 saturated carbocycles. The van der Waals surface area contributed by atoms with E-state index in [9.17, 15) is 5.11 Å². The molecule has 4 atom stereocenters.